The Hall–Kier alpha value is -1.31. The second-order valence-corrected chi connectivity index (χ2v) is 7.73. The third kappa shape index (κ3) is 4.32. The fraction of sp³-hybridized carbons (Fsp3) is 0.600. The van der Waals surface area contributed by atoms with Gasteiger partial charge in [-0.1, -0.05) is 12.1 Å². The quantitative estimate of drug-likeness (QED) is 0.383. The van der Waals surface area contributed by atoms with Gasteiger partial charge in [0.05, 0.1) is 0 Å². The molecule has 2 N–H and O–H groups in total. The summed E-state index contributed by atoms with van der Waals surface area (Å²) in [6.45, 7) is 2.63. The van der Waals surface area contributed by atoms with Crippen LogP contribution in [0.25, 0.3) is 0 Å². The molecule has 1 heterocycles. The standard InChI is InChI=1S/C20H28N4O.HI/c1-21-19(23-14-20(10-11-20)16-6-7-16)22-13-15-4-8-17(9-5-15)24-12-2-3-18(24)25;/h4-5,8-9,16H,2-3,6-7,10-14H2,1H3,(H2,21,22,23);1H. The van der Waals surface area contributed by atoms with E-state index < -0.39 is 0 Å². The highest BCUT2D eigenvalue weighted by atomic mass is 127. The Morgan fingerprint density at radius 3 is 2.50 bits per heavy atom. The van der Waals surface area contributed by atoms with Gasteiger partial charge in [-0.05, 0) is 61.1 Å². The number of amides is 1. The Bertz CT molecular complexity index is 665. The molecule has 26 heavy (non-hydrogen) atoms. The predicted octanol–water partition coefficient (Wildman–Crippen LogP) is 3.29. The van der Waals surface area contributed by atoms with Gasteiger partial charge in [0.25, 0.3) is 0 Å². The second kappa shape index (κ2) is 8.15. The molecule has 0 aromatic heterocycles. The molecule has 1 saturated heterocycles. The van der Waals surface area contributed by atoms with Crippen LogP contribution in [0.3, 0.4) is 0 Å². The lowest BCUT2D eigenvalue weighted by molar-refractivity contribution is -0.117. The van der Waals surface area contributed by atoms with Crippen molar-refractivity contribution in [1.82, 2.24) is 10.6 Å². The SMILES string of the molecule is CN=C(NCc1ccc(N2CCCC2=O)cc1)NCC1(C2CC2)CC1.I. The van der Waals surface area contributed by atoms with Crippen LogP contribution in [-0.2, 0) is 11.3 Å². The van der Waals surface area contributed by atoms with Crippen molar-refractivity contribution >= 4 is 41.5 Å². The molecule has 0 unspecified atom stereocenters. The first kappa shape index (κ1) is 19.5. The predicted molar refractivity (Wildman–Crippen MR) is 116 cm³/mol. The van der Waals surface area contributed by atoms with Gasteiger partial charge in [0.15, 0.2) is 5.96 Å². The molecule has 0 atom stereocenters. The first-order valence-electron chi connectivity index (χ1n) is 9.54. The molecule has 1 aromatic carbocycles. The molecule has 1 aromatic rings. The van der Waals surface area contributed by atoms with Gasteiger partial charge in [0.1, 0.15) is 0 Å². The smallest absolute Gasteiger partial charge is 0.227 e. The van der Waals surface area contributed by atoms with Gasteiger partial charge in [-0.3, -0.25) is 9.79 Å². The number of guanidine groups is 1. The lowest BCUT2D eigenvalue weighted by atomic mass is 10.0. The maximum atomic E-state index is 11.8. The van der Waals surface area contributed by atoms with Gasteiger partial charge in [0, 0.05) is 38.8 Å². The first-order valence-corrected chi connectivity index (χ1v) is 9.54. The molecule has 1 aliphatic heterocycles. The van der Waals surface area contributed by atoms with Crippen molar-refractivity contribution in [2.24, 2.45) is 16.3 Å². The number of rotatable bonds is 6. The van der Waals surface area contributed by atoms with Gasteiger partial charge in [0.2, 0.25) is 5.91 Å². The van der Waals surface area contributed by atoms with E-state index in [2.05, 4.69) is 27.8 Å². The molecule has 142 valence electrons. The van der Waals surface area contributed by atoms with Gasteiger partial charge in [-0.15, -0.1) is 24.0 Å². The van der Waals surface area contributed by atoms with Crippen molar-refractivity contribution < 1.29 is 4.79 Å². The zero-order chi connectivity index (χ0) is 17.3. The molecule has 3 fully saturated rings. The lowest BCUT2D eigenvalue weighted by Crippen LogP contribution is -2.40. The highest BCUT2D eigenvalue weighted by Gasteiger charge is 2.53. The number of aliphatic imine (C=N–C) groups is 1. The van der Waals surface area contributed by atoms with Gasteiger partial charge < -0.3 is 15.5 Å². The average molecular weight is 468 g/mol. The van der Waals surface area contributed by atoms with E-state index in [4.69, 9.17) is 0 Å². The van der Waals surface area contributed by atoms with Crippen molar-refractivity contribution in [2.45, 2.75) is 45.1 Å². The lowest BCUT2D eigenvalue weighted by Gasteiger charge is -2.18. The summed E-state index contributed by atoms with van der Waals surface area (Å²) in [6.07, 6.45) is 7.22. The molecule has 6 heteroatoms. The van der Waals surface area contributed by atoms with Crippen molar-refractivity contribution in [3.8, 4) is 0 Å². The highest BCUT2D eigenvalue weighted by Crippen LogP contribution is 2.60. The fourth-order valence-corrected chi connectivity index (χ4v) is 3.97. The monoisotopic (exact) mass is 468 g/mol. The van der Waals surface area contributed by atoms with Crippen molar-refractivity contribution in [2.75, 3.05) is 25.0 Å². The minimum absolute atomic E-state index is 0. The molecule has 3 aliphatic rings. The van der Waals surface area contributed by atoms with Gasteiger partial charge in [-0.2, -0.15) is 0 Å². The number of benzene rings is 1. The Morgan fingerprint density at radius 2 is 1.96 bits per heavy atom. The van der Waals surface area contributed by atoms with Crippen molar-refractivity contribution in [3.63, 3.8) is 0 Å². The van der Waals surface area contributed by atoms with Crippen molar-refractivity contribution in [3.05, 3.63) is 29.8 Å². The van der Waals surface area contributed by atoms with E-state index in [0.29, 0.717) is 11.8 Å². The molecule has 2 saturated carbocycles. The summed E-state index contributed by atoms with van der Waals surface area (Å²) in [5.74, 6) is 2.07. The molecule has 5 nitrogen and oxygen atoms in total. The van der Waals surface area contributed by atoms with E-state index in [0.717, 1.165) is 43.6 Å². The van der Waals surface area contributed by atoms with E-state index in [9.17, 15) is 4.79 Å². The molecule has 0 spiro atoms. The number of carbonyl (C=O) groups excluding carboxylic acids is 1. The summed E-state index contributed by atoms with van der Waals surface area (Å²) in [5.41, 5.74) is 2.78. The Kier molecular flexibility index (Phi) is 6.10. The number of carbonyl (C=O) groups is 1. The van der Waals surface area contributed by atoms with Gasteiger partial charge >= 0.3 is 0 Å². The minimum atomic E-state index is 0. The number of hydrogen-bond donors (Lipinski definition) is 2. The maximum absolute atomic E-state index is 11.8. The minimum Gasteiger partial charge on any atom is -0.356 e. The van der Waals surface area contributed by atoms with Crippen LogP contribution in [0, 0.1) is 11.3 Å². The van der Waals surface area contributed by atoms with E-state index >= 15 is 0 Å². The molecule has 2 aliphatic carbocycles. The Labute approximate surface area is 173 Å². The zero-order valence-electron chi connectivity index (χ0n) is 15.5. The van der Waals surface area contributed by atoms with E-state index in [-0.39, 0.29) is 29.9 Å². The first-order chi connectivity index (χ1) is 12.2. The van der Waals surface area contributed by atoms with Crippen LogP contribution < -0.4 is 15.5 Å². The molecule has 4 rings (SSSR count). The van der Waals surface area contributed by atoms with Crippen molar-refractivity contribution in [1.29, 1.82) is 0 Å². The number of hydrogen-bond acceptors (Lipinski definition) is 2. The van der Waals surface area contributed by atoms with E-state index in [1.165, 1.54) is 31.2 Å². The summed E-state index contributed by atoms with van der Waals surface area (Å²) in [5, 5.41) is 6.91. The summed E-state index contributed by atoms with van der Waals surface area (Å²) in [4.78, 5) is 18.0. The van der Waals surface area contributed by atoms with Crippen LogP contribution in [0.15, 0.2) is 29.3 Å². The maximum Gasteiger partial charge on any atom is 0.227 e. The average Bonchev–Trinajstić information content (AvgIpc) is 3.54. The Balaban J connectivity index is 0.00000196. The topological polar surface area (TPSA) is 56.7 Å². The fourth-order valence-electron chi connectivity index (χ4n) is 3.97. The summed E-state index contributed by atoms with van der Waals surface area (Å²) in [6, 6.07) is 8.27. The van der Waals surface area contributed by atoms with Gasteiger partial charge in [-0.25, -0.2) is 0 Å². The number of nitrogens with one attached hydrogen (secondary N) is 2. The zero-order valence-corrected chi connectivity index (χ0v) is 17.8. The van der Waals surface area contributed by atoms with Crippen LogP contribution in [0.4, 0.5) is 5.69 Å². The molecular formula is C20H29IN4O. The normalized spacial score (nSPS) is 21.3. The third-order valence-electron chi connectivity index (χ3n) is 5.95. The number of nitrogens with zero attached hydrogens (tertiary/aromatic N) is 2. The van der Waals surface area contributed by atoms with Crippen LogP contribution in [0.5, 0.6) is 0 Å². The van der Waals surface area contributed by atoms with Crippen LogP contribution in [0.1, 0.15) is 44.1 Å². The molecule has 0 bridgehead atoms. The van der Waals surface area contributed by atoms with Crippen LogP contribution >= 0.6 is 24.0 Å². The number of anilines is 1. The summed E-state index contributed by atoms with van der Waals surface area (Å²) in [7, 11) is 1.83. The molecule has 1 amide bonds. The van der Waals surface area contributed by atoms with Crippen LogP contribution in [0.2, 0.25) is 0 Å². The van der Waals surface area contributed by atoms with Crippen LogP contribution in [-0.4, -0.2) is 32.0 Å². The third-order valence-corrected chi connectivity index (χ3v) is 5.95. The molecular weight excluding hydrogens is 439 g/mol. The second-order valence-electron chi connectivity index (χ2n) is 7.73. The van der Waals surface area contributed by atoms with E-state index in [1.807, 2.05) is 24.1 Å². The van der Waals surface area contributed by atoms with E-state index in [1.54, 1.807) is 0 Å². The summed E-state index contributed by atoms with van der Waals surface area (Å²) >= 11 is 0. The molecule has 0 radical (unpaired) electrons. The summed E-state index contributed by atoms with van der Waals surface area (Å²) < 4.78 is 0. The largest absolute Gasteiger partial charge is 0.356 e. The highest BCUT2D eigenvalue weighted by molar-refractivity contribution is 14.0. The number of halogens is 1. The Morgan fingerprint density at radius 1 is 1.23 bits per heavy atom.